The number of primary amides is 1. The van der Waals surface area contributed by atoms with Gasteiger partial charge in [0.15, 0.2) is 0 Å². The molecule has 5 heteroatoms. The van der Waals surface area contributed by atoms with Crippen molar-refractivity contribution in [2.45, 2.75) is 25.7 Å². The molecule has 2 aromatic rings. The first kappa shape index (κ1) is 14.0. The average molecular weight is 295 g/mol. The lowest BCUT2D eigenvalue weighted by Crippen LogP contribution is -2.10. The highest BCUT2D eigenvalue weighted by molar-refractivity contribution is 7.11. The summed E-state index contributed by atoms with van der Waals surface area (Å²) in [5, 5.41) is 1.83. The van der Waals surface area contributed by atoms with Gasteiger partial charge in [0.2, 0.25) is 5.91 Å². The number of carbonyl (C=O) groups is 1. The number of aromatic nitrogens is 1. The molecular formula is C14H15ClN2OS. The Morgan fingerprint density at radius 2 is 2.16 bits per heavy atom. The highest BCUT2D eigenvalue weighted by Crippen LogP contribution is 2.23. The second kappa shape index (κ2) is 6.68. The first-order chi connectivity index (χ1) is 9.15. The van der Waals surface area contributed by atoms with Crippen LogP contribution in [0.15, 0.2) is 30.5 Å². The van der Waals surface area contributed by atoms with Crippen LogP contribution < -0.4 is 5.73 Å². The third-order valence-corrected chi connectivity index (χ3v) is 4.16. The molecule has 2 rings (SSSR count). The Morgan fingerprint density at radius 1 is 1.37 bits per heavy atom. The molecule has 0 aliphatic carbocycles. The fourth-order valence-corrected chi connectivity index (χ4v) is 2.98. The van der Waals surface area contributed by atoms with Crippen molar-refractivity contribution >= 4 is 28.8 Å². The van der Waals surface area contributed by atoms with E-state index in [1.165, 1.54) is 4.88 Å². The maximum Gasteiger partial charge on any atom is 0.217 e. The minimum atomic E-state index is -0.257. The monoisotopic (exact) mass is 294 g/mol. The van der Waals surface area contributed by atoms with Crippen LogP contribution in [0.2, 0.25) is 5.02 Å². The van der Waals surface area contributed by atoms with Crippen molar-refractivity contribution < 1.29 is 4.79 Å². The van der Waals surface area contributed by atoms with Crippen LogP contribution in [-0.2, 0) is 17.6 Å². The average Bonchev–Trinajstić information content (AvgIpc) is 2.79. The standard InChI is InChI=1S/C14H15ClN2OS/c15-12-5-2-1-4-10(12)8-11-9-17-14(19-11)7-3-6-13(16)18/h1-2,4-5,9H,3,6-8H2,(H2,16,18). The molecule has 0 radical (unpaired) electrons. The van der Waals surface area contributed by atoms with Gasteiger partial charge in [-0.15, -0.1) is 11.3 Å². The van der Waals surface area contributed by atoms with E-state index >= 15 is 0 Å². The van der Waals surface area contributed by atoms with Crippen LogP contribution >= 0.6 is 22.9 Å². The number of halogens is 1. The summed E-state index contributed by atoms with van der Waals surface area (Å²) >= 11 is 7.80. The molecule has 0 saturated carbocycles. The van der Waals surface area contributed by atoms with Gasteiger partial charge in [-0.05, 0) is 24.5 Å². The molecule has 1 amide bonds. The fourth-order valence-electron chi connectivity index (χ4n) is 1.79. The van der Waals surface area contributed by atoms with Crippen molar-refractivity contribution in [2.75, 3.05) is 0 Å². The molecule has 0 aliphatic heterocycles. The van der Waals surface area contributed by atoms with Crippen LogP contribution in [0.5, 0.6) is 0 Å². The second-order valence-corrected chi connectivity index (χ2v) is 5.92. The van der Waals surface area contributed by atoms with E-state index in [0.717, 1.165) is 34.9 Å². The number of amides is 1. The first-order valence-corrected chi connectivity index (χ1v) is 7.30. The Bertz CT molecular complexity index is 568. The van der Waals surface area contributed by atoms with Gasteiger partial charge in [-0.25, -0.2) is 4.98 Å². The molecular weight excluding hydrogens is 280 g/mol. The Morgan fingerprint density at radius 3 is 2.89 bits per heavy atom. The molecule has 0 saturated heterocycles. The van der Waals surface area contributed by atoms with Gasteiger partial charge < -0.3 is 5.73 Å². The van der Waals surface area contributed by atoms with Crippen LogP contribution in [-0.4, -0.2) is 10.9 Å². The SMILES string of the molecule is NC(=O)CCCc1ncc(Cc2ccccc2Cl)s1. The molecule has 1 aromatic carbocycles. The lowest BCUT2D eigenvalue weighted by atomic mass is 10.1. The number of hydrogen-bond donors (Lipinski definition) is 1. The van der Waals surface area contributed by atoms with Crippen molar-refractivity contribution in [3.05, 3.63) is 50.9 Å². The van der Waals surface area contributed by atoms with E-state index in [1.807, 2.05) is 30.5 Å². The number of benzene rings is 1. The maximum atomic E-state index is 10.7. The number of hydrogen-bond acceptors (Lipinski definition) is 3. The molecule has 2 N–H and O–H groups in total. The van der Waals surface area contributed by atoms with Gasteiger partial charge in [0.1, 0.15) is 0 Å². The van der Waals surface area contributed by atoms with Crippen molar-refractivity contribution in [1.82, 2.24) is 4.98 Å². The summed E-state index contributed by atoms with van der Waals surface area (Å²) < 4.78 is 0. The van der Waals surface area contributed by atoms with E-state index in [4.69, 9.17) is 17.3 Å². The summed E-state index contributed by atoms with van der Waals surface area (Å²) in [6, 6.07) is 7.82. The minimum absolute atomic E-state index is 0.257. The van der Waals surface area contributed by atoms with Crippen LogP contribution in [0.1, 0.15) is 28.3 Å². The lowest BCUT2D eigenvalue weighted by Gasteiger charge is -2.00. The van der Waals surface area contributed by atoms with Gasteiger partial charge in [-0.1, -0.05) is 29.8 Å². The van der Waals surface area contributed by atoms with Crippen LogP contribution in [0.3, 0.4) is 0 Å². The third kappa shape index (κ3) is 4.33. The molecule has 1 heterocycles. The number of aryl methyl sites for hydroxylation is 1. The molecule has 0 spiro atoms. The summed E-state index contributed by atoms with van der Waals surface area (Å²) in [6.45, 7) is 0. The van der Waals surface area contributed by atoms with Crippen molar-refractivity contribution in [3.8, 4) is 0 Å². The van der Waals surface area contributed by atoms with E-state index in [1.54, 1.807) is 11.3 Å². The van der Waals surface area contributed by atoms with Crippen LogP contribution in [0.25, 0.3) is 0 Å². The minimum Gasteiger partial charge on any atom is -0.370 e. The van der Waals surface area contributed by atoms with Crippen molar-refractivity contribution in [3.63, 3.8) is 0 Å². The van der Waals surface area contributed by atoms with Gasteiger partial charge in [0.05, 0.1) is 5.01 Å². The topological polar surface area (TPSA) is 56.0 Å². The summed E-state index contributed by atoms with van der Waals surface area (Å²) in [5.74, 6) is -0.257. The Hall–Kier alpha value is -1.39. The third-order valence-electron chi connectivity index (χ3n) is 2.74. The number of nitrogens with two attached hydrogens (primary N) is 1. The number of rotatable bonds is 6. The quantitative estimate of drug-likeness (QED) is 0.889. The molecule has 100 valence electrons. The highest BCUT2D eigenvalue weighted by atomic mass is 35.5. The summed E-state index contributed by atoms with van der Waals surface area (Å²) in [4.78, 5) is 16.2. The first-order valence-electron chi connectivity index (χ1n) is 6.10. The predicted octanol–water partition coefficient (Wildman–Crippen LogP) is 3.20. The molecule has 0 bridgehead atoms. The highest BCUT2D eigenvalue weighted by Gasteiger charge is 2.06. The normalized spacial score (nSPS) is 10.6. The Kier molecular flexibility index (Phi) is 4.93. The van der Waals surface area contributed by atoms with E-state index in [0.29, 0.717) is 6.42 Å². The van der Waals surface area contributed by atoms with Crippen molar-refractivity contribution in [1.29, 1.82) is 0 Å². The van der Waals surface area contributed by atoms with E-state index in [2.05, 4.69) is 4.98 Å². The van der Waals surface area contributed by atoms with E-state index in [-0.39, 0.29) is 5.91 Å². The van der Waals surface area contributed by atoms with E-state index in [9.17, 15) is 4.79 Å². The number of carbonyl (C=O) groups excluding carboxylic acids is 1. The van der Waals surface area contributed by atoms with Gasteiger partial charge in [-0.2, -0.15) is 0 Å². The lowest BCUT2D eigenvalue weighted by molar-refractivity contribution is -0.118. The molecule has 3 nitrogen and oxygen atoms in total. The molecule has 0 aliphatic rings. The zero-order valence-electron chi connectivity index (χ0n) is 10.4. The molecule has 19 heavy (non-hydrogen) atoms. The van der Waals surface area contributed by atoms with Crippen LogP contribution in [0, 0.1) is 0 Å². The number of thiazole rings is 1. The summed E-state index contributed by atoms with van der Waals surface area (Å²) in [5.41, 5.74) is 6.22. The zero-order chi connectivity index (χ0) is 13.7. The van der Waals surface area contributed by atoms with Gasteiger partial charge in [0, 0.05) is 28.9 Å². The van der Waals surface area contributed by atoms with Gasteiger partial charge in [-0.3, -0.25) is 4.79 Å². The van der Waals surface area contributed by atoms with E-state index < -0.39 is 0 Å². The Labute approximate surface area is 121 Å². The maximum absolute atomic E-state index is 10.7. The summed E-state index contributed by atoms with van der Waals surface area (Å²) in [6.07, 6.45) is 4.66. The predicted molar refractivity (Wildman–Crippen MR) is 78.5 cm³/mol. The van der Waals surface area contributed by atoms with Crippen molar-refractivity contribution in [2.24, 2.45) is 5.73 Å². The van der Waals surface area contributed by atoms with Gasteiger partial charge in [0.25, 0.3) is 0 Å². The summed E-state index contributed by atoms with van der Waals surface area (Å²) in [7, 11) is 0. The molecule has 1 aromatic heterocycles. The molecule has 0 fully saturated rings. The van der Waals surface area contributed by atoms with Gasteiger partial charge >= 0.3 is 0 Å². The number of nitrogens with zero attached hydrogens (tertiary/aromatic N) is 1. The largest absolute Gasteiger partial charge is 0.370 e. The second-order valence-electron chi connectivity index (χ2n) is 4.31. The zero-order valence-corrected chi connectivity index (χ0v) is 12.0. The fraction of sp³-hybridized carbons (Fsp3) is 0.286. The molecule has 0 atom stereocenters. The Balaban J connectivity index is 1.94. The van der Waals surface area contributed by atoms with Crippen LogP contribution in [0.4, 0.5) is 0 Å². The smallest absolute Gasteiger partial charge is 0.217 e. The molecule has 0 unspecified atom stereocenters.